The van der Waals surface area contributed by atoms with Gasteiger partial charge in [-0.15, -0.1) is 11.3 Å². The molecule has 0 saturated carbocycles. The molecule has 5 heterocycles. The SMILES string of the molecule is CNCc1ccccc1-c1csc(C(C)Nc2nc(C)nc3cc(OC)c(OC)cc23)c1.Cn1ncnc1[C@H]1c2n[nH]c(=O)c3cc(F)cc(c23)N[C@@H]1c1ccc(F)cc1. The number of hydrogen-bond acceptors (Lipinski definition) is 12. The first-order valence-electron chi connectivity index (χ1n) is 19.1. The van der Waals surface area contributed by atoms with Crippen LogP contribution < -0.4 is 31.0 Å². The number of anilines is 2. The average Bonchev–Trinajstić information content (AvgIpc) is 3.92. The third-order valence-corrected chi connectivity index (χ3v) is 11.6. The van der Waals surface area contributed by atoms with Crippen molar-refractivity contribution in [3.05, 3.63) is 146 Å². The van der Waals surface area contributed by atoms with Crippen LogP contribution in [-0.4, -0.2) is 56.2 Å². The van der Waals surface area contributed by atoms with Crippen LogP contribution in [-0.2, 0) is 13.6 Å². The Labute approximate surface area is 347 Å². The Bertz CT molecular complexity index is 2900. The van der Waals surface area contributed by atoms with E-state index in [0.717, 1.165) is 28.8 Å². The van der Waals surface area contributed by atoms with E-state index in [1.165, 1.54) is 52.2 Å². The molecule has 0 aliphatic carbocycles. The van der Waals surface area contributed by atoms with Crippen molar-refractivity contribution < 1.29 is 18.3 Å². The molecular formula is C44H42F2N10O3S. The number of ether oxygens (including phenoxy) is 2. The molecule has 8 aromatic rings. The van der Waals surface area contributed by atoms with Crippen molar-refractivity contribution >= 4 is 44.5 Å². The van der Waals surface area contributed by atoms with Crippen LogP contribution >= 0.6 is 11.3 Å². The third-order valence-electron chi connectivity index (χ3n) is 10.5. The van der Waals surface area contributed by atoms with Gasteiger partial charge in [0.05, 0.1) is 48.8 Å². The van der Waals surface area contributed by atoms with Gasteiger partial charge < -0.3 is 25.4 Å². The van der Waals surface area contributed by atoms with E-state index in [2.05, 4.69) is 88.8 Å². The highest BCUT2D eigenvalue weighted by atomic mass is 32.1. The lowest BCUT2D eigenvalue weighted by Crippen LogP contribution is -2.30. The molecule has 0 amide bonds. The molecule has 306 valence electrons. The first-order valence-corrected chi connectivity index (χ1v) is 20.0. The highest BCUT2D eigenvalue weighted by Gasteiger charge is 2.37. The smallest absolute Gasteiger partial charge is 0.272 e. The van der Waals surface area contributed by atoms with Crippen LogP contribution in [0.5, 0.6) is 11.5 Å². The van der Waals surface area contributed by atoms with Crippen LogP contribution in [0.25, 0.3) is 32.8 Å². The van der Waals surface area contributed by atoms with E-state index in [-0.39, 0.29) is 17.2 Å². The lowest BCUT2D eigenvalue weighted by atomic mass is 9.83. The summed E-state index contributed by atoms with van der Waals surface area (Å²) in [5.41, 5.74) is 5.90. The number of hydrogen-bond donors (Lipinski definition) is 4. The molecule has 1 aliphatic rings. The van der Waals surface area contributed by atoms with Crippen molar-refractivity contribution in [2.75, 3.05) is 31.9 Å². The zero-order chi connectivity index (χ0) is 42.1. The molecule has 0 bridgehead atoms. The van der Waals surface area contributed by atoms with Gasteiger partial charge in [-0.25, -0.2) is 28.8 Å². The van der Waals surface area contributed by atoms with E-state index < -0.39 is 23.3 Å². The fourth-order valence-electron chi connectivity index (χ4n) is 7.67. The third kappa shape index (κ3) is 7.74. The predicted octanol–water partition coefficient (Wildman–Crippen LogP) is 8.20. The maximum Gasteiger partial charge on any atom is 0.272 e. The summed E-state index contributed by atoms with van der Waals surface area (Å²) in [7, 11) is 6.99. The Morgan fingerprint density at radius 3 is 2.45 bits per heavy atom. The average molecular weight is 829 g/mol. The number of nitrogens with zero attached hydrogens (tertiary/aromatic N) is 6. The molecule has 60 heavy (non-hydrogen) atoms. The summed E-state index contributed by atoms with van der Waals surface area (Å²) >= 11 is 1.75. The lowest BCUT2D eigenvalue weighted by Gasteiger charge is -2.33. The van der Waals surface area contributed by atoms with Crippen LogP contribution in [0.15, 0.2) is 95.4 Å². The molecule has 4 aromatic heterocycles. The number of halogens is 2. The van der Waals surface area contributed by atoms with Crippen molar-refractivity contribution in [3.63, 3.8) is 0 Å². The van der Waals surface area contributed by atoms with Crippen molar-refractivity contribution in [1.29, 1.82) is 0 Å². The minimum Gasteiger partial charge on any atom is -0.493 e. The lowest BCUT2D eigenvalue weighted by molar-refractivity contribution is 0.356. The minimum absolute atomic E-state index is 0.0795. The highest BCUT2D eigenvalue weighted by Crippen LogP contribution is 2.46. The summed E-state index contributed by atoms with van der Waals surface area (Å²) in [4.78, 5) is 27.1. The number of methoxy groups -OCH3 is 2. The van der Waals surface area contributed by atoms with Crippen LogP contribution in [0.2, 0.25) is 0 Å². The molecule has 1 unspecified atom stereocenters. The van der Waals surface area contributed by atoms with Gasteiger partial charge in [-0.05, 0) is 84.9 Å². The Kier molecular flexibility index (Phi) is 11.2. The van der Waals surface area contributed by atoms with Crippen molar-refractivity contribution in [3.8, 4) is 22.6 Å². The second-order valence-corrected chi connectivity index (χ2v) is 15.3. The molecule has 0 spiro atoms. The molecule has 0 radical (unpaired) electrons. The Morgan fingerprint density at radius 2 is 1.72 bits per heavy atom. The predicted molar refractivity (Wildman–Crippen MR) is 230 cm³/mol. The molecule has 9 rings (SSSR count). The molecule has 1 aliphatic heterocycles. The van der Waals surface area contributed by atoms with Gasteiger partial charge >= 0.3 is 0 Å². The summed E-state index contributed by atoms with van der Waals surface area (Å²) in [5.74, 6) is 2.08. The quantitative estimate of drug-likeness (QED) is 0.105. The molecule has 3 atom stereocenters. The van der Waals surface area contributed by atoms with E-state index >= 15 is 0 Å². The normalized spacial score (nSPS) is 14.9. The van der Waals surface area contributed by atoms with Crippen LogP contribution in [0.4, 0.5) is 20.3 Å². The maximum atomic E-state index is 14.1. The number of rotatable bonds is 10. The van der Waals surface area contributed by atoms with E-state index in [0.29, 0.717) is 39.9 Å². The second-order valence-electron chi connectivity index (χ2n) is 14.3. The highest BCUT2D eigenvalue weighted by molar-refractivity contribution is 7.10. The number of H-pyrrole nitrogens is 1. The number of thiophene rings is 1. The Morgan fingerprint density at radius 1 is 0.950 bits per heavy atom. The number of aromatic amines is 1. The molecule has 4 N–H and O–H groups in total. The van der Waals surface area contributed by atoms with E-state index in [9.17, 15) is 13.6 Å². The van der Waals surface area contributed by atoms with E-state index in [1.54, 1.807) is 49.4 Å². The van der Waals surface area contributed by atoms with Gasteiger partial charge in [-0.2, -0.15) is 10.2 Å². The maximum absolute atomic E-state index is 14.1. The number of aromatic nitrogens is 7. The standard InChI is InChI=1S/C25H28N4O2S.C19H14F2N6O/c1-15(24-10-18(14-32-24)19-9-7-6-8-17(19)13-26-3)27-25-20-11-22(30-4)23(31-5)12-21(20)28-16(2)29-25;1-27-18(22-8-23-27)15-16(9-2-4-10(20)5-3-9)24-13-7-11(21)6-12-14(13)17(15)25-26-19(12)28/h6-12,14-15,26H,13H2,1-5H3,(H,27,28,29);2-8,15-16,24H,1H3,(H,26,28)/t;15-,16-/m.1/s1. The number of benzene rings is 4. The first-order chi connectivity index (χ1) is 29.1. The summed E-state index contributed by atoms with van der Waals surface area (Å²) in [6.07, 6.45) is 1.43. The number of fused-ring (bicyclic) bond motifs is 1. The zero-order valence-electron chi connectivity index (χ0n) is 33.7. The second kappa shape index (κ2) is 16.8. The minimum atomic E-state index is -0.535. The van der Waals surface area contributed by atoms with E-state index in [4.69, 9.17) is 9.47 Å². The summed E-state index contributed by atoms with van der Waals surface area (Å²) in [6.45, 7) is 4.89. The molecule has 0 saturated heterocycles. The number of nitrogens with one attached hydrogen (secondary N) is 4. The van der Waals surface area contributed by atoms with Gasteiger partial charge in [0.1, 0.15) is 35.4 Å². The van der Waals surface area contributed by atoms with Crippen LogP contribution in [0, 0.1) is 18.6 Å². The summed E-state index contributed by atoms with van der Waals surface area (Å²) in [6, 6.07) is 22.8. The Hall–Kier alpha value is -6.78. The first kappa shape index (κ1) is 40.0. The molecule has 16 heteroatoms. The zero-order valence-corrected chi connectivity index (χ0v) is 34.5. The summed E-state index contributed by atoms with van der Waals surface area (Å²) < 4.78 is 40.2. The fraction of sp³-hybridized carbons (Fsp3) is 0.227. The number of aryl methyl sites for hydroxylation is 2. The van der Waals surface area contributed by atoms with Crippen molar-refractivity contribution in [2.24, 2.45) is 7.05 Å². The van der Waals surface area contributed by atoms with Gasteiger partial charge in [-0.3, -0.25) is 9.48 Å². The van der Waals surface area contributed by atoms with Crippen LogP contribution in [0.1, 0.15) is 58.3 Å². The van der Waals surface area contributed by atoms with Gasteiger partial charge in [0.25, 0.3) is 5.56 Å². The van der Waals surface area contributed by atoms with Gasteiger partial charge in [0.2, 0.25) is 0 Å². The van der Waals surface area contributed by atoms with E-state index in [1.807, 2.05) is 26.1 Å². The fourth-order valence-corrected chi connectivity index (χ4v) is 8.58. The van der Waals surface area contributed by atoms with Crippen molar-refractivity contribution in [2.45, 2.75) is 38.4 Å². The largest absolute Gasteiger partial charge is 0.493 e. The summed E-state index contributed by atoms with van der Waals surface area (Å²) in [5, 5.41) is 24.9. The van der Waals surface area contributed by atoms with Gasteiger partial charge in [0, 0.05) is 41.0 Å². The van der Waals surface area contributed by atoms with Crippen molar-refractivity contribution in [1.82, 2.24) is 40.2 Å². The van der Waals surface area contributed by atoms with Gasteiger partial charge in [-0.1, -0.05) is 36.4 Å². The monoisotopic (exact) mass is 828 g/mol. The molecule has 0 fully saturated rings. The topological polar surface area (TPSA) is 157 Å². The van der Waals surface area contributed by atoms with Crippen LogP contribution in [0.3, 0.4) is 0 Å². The Balaban J connectivity index is 0.000000167. The molecule has 4 aromatic carbocycles. The molecule has 13 nitrogen and oxygen atoms in total. The molecular weight excluding hydrogens is 787 g/mol. The van der Waals surface area contributed by atoms with Gasteiger partial charge in [0.15, 0.2) is 11.5 Å².